The number of methoxy groups -OCH3 is 1. The highest BCUT2D eigenvalue weighted by atomic mass is 16.5. The van der Waals surface area contributed by atoms with Crippen LogP contribution in [-0.4, -0.2) is 27.0 Å². The Labute approximate surface area is 182 Å². The number of allylic oxidation sites excluding steroid dienone is 1. The fourth-order valence-corrected chi connectivity index (χ4v) is 3.47. The zero-order chi connectivity index (χ0) is 22.0. The summed E-state index contributed by atoms with van der Waals surface area (Å²) in [5.74, 6) is 2.22. The van der Waals surface area contributed by atoms with Gasteiger partial charge >= 0.3 is 0 Å². The zero-order valence-corrected chi connectivity index (χ0v) is 18.1. The lowest BCUT2D eigenvalue weighted by atomic mass is 10.0. The summed E-state index contributed by atoms with van der Waals surface area (Å²) in [5.41, 5.74) is 4.46. The summed E-state index contributed by atoms with van der Waals surface area (Å²) < 4.78 is 17.0. The van der Waals surface area contributed by atoms with E-state index >= 15 is 0 Å². The van der Waals surface area contributed by atoms with Gasteiger partial charge in [-0.1, -0.05) is 24.3 Å². The van der Waals surface area contributed by atoms with E-state index in [2.05, 4.69) is 0 Å². The van der Waals surface area contributed by atoms with Crippen molar-refractivity contribution < 1.29 is 19.0 Å². The normalized spacial score (nSPS) is 13.7. The van der Waals surface area contributed by atoms with Crippen molar-refractivity contribution in [3.8, 4) is 17.2 Å². The van der Waals surface area contributed by atoms with Crippen molar-refractivity contribution in [3.05, 3.63) is 88.7 Å². The van der Waals surface area contributed by atoms with Crippen molar-refractivity contribution in [2.45, 2.75) is 13.5 Å². The number of ether oxygens (including phenoxy) is 3. The third-order valence-corrected chi connectivity index (χ3v) is 5.22. The Morgan fingerprint density at radius 2 is 1.68 bits per heavy atom. The number of hydrogen-bond acceptors (Lipinski definition) is 5. The number of carbonyl (C=O) groups is 1. The predicted octanol–water partition coefficient (Wildman–Crippen LogP) is 5.26. The Kier molecular flexibility index (Phi) is 5.67. The van der Waals surface area contributed by atoms with Gasteiger partial charge in [0, 0.05) is 25.8 Å². The van der Waals surface area contributed by atoms with Gasteiger partial charge in [0.05, 0.1) is 12.7 Å². The molecule has 0 radical (unpaired) electrons. The molecule has 1 aliphatic heterocycles. The number of hydrogen-bond donors (Lipinski definition) is 0. The molecular weight excluding hydrogens is 390 g/mol. The van der Waals surface area contributed by atoms with E-state index in [1.807, 2.05) is 80.5 Å². The standard InChI is InChI=1S/C26H25NO4/c1-17-13-22(30-16-19-7-11-21(29-4)12-8-19)15-23-25(17)26(28)24(31-23)14-18-5-9-20(10-6-18)27(2)3/h5-15H,16H2,1-4H3/b24-14-. The summed E-state index contributed by atoms with van der Waals surface area (Å²) >= 11 is 0. The maximum Gasteiger partial charge on any atom is 0.232 e. The zero-order valence-electron chi connectivity index (χ0n) is 18.1. The summed E-state index contributed by atoms with van der Waals surface area (Å²) in [4.78, 5) is 14.9. The number of benzene rings is 3. The highest BCUT2D eigenvalue weighted by Crippen LogP contribution is 2.37. The SMILES string of the molecule is COc1ccc(COc2cc(C)c3c(c2)O/C(=C\c2ccc(N(C)C)cc2)C3=O)cc1. The Balaban J connectivity index is 1.51. The molecule has 0 spiro atoms. The van der Waals surface area contributed by atoms with Crippen molar-refractivity contribution in [2.75, 3.05) is 26.1 Å². The van der Waals surface area contributed by atoms with Crippen molar-refractivity contribution in [1.29, 1.82) is 0 Å². The molecule has 4 rings (SSSR count). The summed E-state index contributed by atoms with van der Waals surface area (Å²) in [7, 11) is 5.62. The molecule has 31 heavy (non-hydrogen) atoms. The summed E-state index contributed by atoms with van der Waals surface area (Å²) in [6, 6.07) is 19.3. The van der Waals surface area contributed by atoms with Gasteiger partial charge in [-0.05, 0) is 60.0 Å². The first-order valence-corrected chi connectivity index (χ1v) is 10.1. The van der Waals surface area contributed by atoms with Gasteiger partial charge in [-0.3, -0.25) is 4.79 Å². The average molecular weight is 415 g/mol. The molecule has 1 heterocycles. The van der Waals surface area contributed by atoms with E-state index in [-0.39, 0.29) is 5.78 Å². The molecular formula is C26H25NO4. The Morgan fingerprint density at radius 1 is 0.968 bits per heavy atom. The van der Waals surface area contributed by atoms with Gasteiger partial charge in [-0.25, -0.2) is 0 Å². The van der Waals surface area contributed by atoms with E-state index in [4.69, 9.17) is 14.2 Å². The van der Waals surface area contributed by atoms with Crippen molar-refractivity contribution in [2.24, 2.45) is 0 Å². The molecule has 158 valence electrons. The molecule has 0 N–H and O–H groups in total. The summed E-state index contributed by atoms with van der Waals surface area (Å²) in [5, 5.41) is 0. The van der Waals surface area contributed by atoms with Crippen LogP contribution in [0.4, 0.5) is 5.69 Å². The molecule has 0 fully saturated rings. The van der Waals surface area contributed by atoms with Crippen LogP contribution in [0.5, 0.6) is 17.2 Å². The van der Waals surface area contributed by atoms with Gasteiger partial charge in [0.25, 0.3) is 0 Å². The average Bonchev–Trinajstić information content (AvgIpc) is 3.08. The largest absolute Gasteiger partial charge is 0.497 e. The lowest BCUT2D eigenvalue weighted by molar-refractivity contribution is 0.101. The minimum Gasteiger partial charge on any atom is -0.497 e. The maximum atomic E-state index is 12.9. The summed E-state index contributed by atoms with van der Waals surface area (Å²) in [6.07, 6.45) is 1.78. The Morgan fingerprint density at radius 3 is 2.32 bits per heavy atom. The third-order valence-electron chi connectivity index (χ3n) is 5.22. The highest BCUT2D eigenvalue weighted by Gasteiger charge is 2.30. The van der Waals surface area contributed by atoms with Crippen LogP contribution >= 0.6 is 0 Å². The van der Waals surface area contributed by atoms with Gasteiger partial charge < -0.3 is 19.1 Å². The van der Waals surface area contributed by atoms with Crippen molar-refractivity contribution in [3.63, 3.8) is 0 Å². The first-order chi connectivity index (χ1) is 14.9. The second-order valence-electron chi connectivity index (χ2n) is 7.68. The first kappa shape index (κ1) is 20.5. The van der Waals surface area contributed by atoms with Crippen LogP contribution in [0.2, 0.25) is 0 Å². The molecule has 0 aliphatic carbocycles. The molecule has 0 saturated heterocycles. The van der Waals surface area contributed by atoms with E-state index in [9.17, 15) is 4.79 Å². The van der Waals surface area contributed by atoms with E-state index < -0.39 is 0 Å². The number of ketones is 1. The van der Waals surface area contributed by atoms with Crippen molar-refractivity contribution in [1.82, 2.24) is 0 Å². The van der Waals surface area contributed by atoms with Gasteiger partial charge in [-0.15, -0.1) is 0 Å². The van der Waals surface area contributed by atoms with Crippen LogP contribution in [0.15, 0.2) is 66.4 Å². The van der Waals surface area contributed by atoms with Crippen LogP contribution in [-0.2, 0) is 6.61 Å². The molecule has 3 aromatic carbocycles. The molecule has 3 aromatic rings. The lowest BCUT2D eigenvalue weighted by Gasteiger charge is -2.11. The molecule has 0 saturated carbocycles. The maximum absolute atomic E-state index is 12.9. The molecule has 0 bridgehead atoms. The quantitative estimate of drug-likeness (QED) is 0.514. The molecule has 0 aromatic heterocycles. The van der Waals surface area contributed by atoms with E-state index in [1.165, 1.54) is 0 Å². The fraction of sp³-hybridized carbons (Fsp3) is 0.192. The fourth-order valence-electron chi connectivity index (χ4n) is 3.47. The first-order valence-electron chi connectivity index (χ1n) is 10.1. The number of aryl methyl sites for hydroxylation is 1. The Hall–Kier alpha value is -3.73. The number of Topliss-reactive ketones (excluding diaryl/α,β-unsaturated/α-hetero) is 1. The van der Waals surface area contributed by atoms with Crippen molar-refractivity contribution >= 4 is 17.5 Å². The third kappa shape index (κ3) is 4.40. The summed E-state index contributed by atoms with van der Waals surface area (Å²) in [6.45, 7) is 2.31. The topological polar surface area (TPSA) is 48.0 Å². The van der Waals surface area contributed by atoms with Crippen LogP contribution in [0, 0.1) is 6.92 Å². The molecule has 0 atom stereocenters. The second-order valence-corrected chi connectivity index (χ2v) is 7.68. The van der Waals surface area contributed by atoms with Crippen LogP contribution in [0.1, 0.15) is 27.0 Å². The number of rotatable bonds is 6. The molecule has 5 heteroatoms. The van der Waals surface area contributed by atoms with Crippen LogP contribution < -0.4 is 19.1 Å². The molecule has 0 unspecified atom stereocenters. The van der Waals surface area contributed by atoms with Gasteiger partial charge in [0.2, 0.25) is 5.78 Å². The van der Waals surface area contributed by atoms with E-state index in [0.29, 0.717) is 29.4 Å². The van der Waals surface area contributed by atoms with Gasteiger partial charge in [-0.2, -0.15) is 0 Å². The second kappa shape index (κ2) is 8.56. The van der Waals surface area contributed by atoms with Crippen LogP contribution in [0.25, 0.3) is 6.08 Å². The van der Waals surface area contributed by atoms with E-state index in [1.54, 1.807) is 19.3 Å². The molecule has 1 aliphatic rings. The Bertz CT molecular complexity index is 1130. The van der Waals surface area contributed by atoms with Crippen LogP contribution in [0.3, 0.4) is 0 Å². The molecule has 0 amide bonds. The monoisotopic (exact) mass is 415 g/mol. The van der Waals surface area contributed by atoms with Gasteiger partial charge in [0.15, 0.2) is 5.76 Å². The number of anilines is 1. The smallest absolute Gasteiger partial charge is 0.232 e. The minimum atomic E-state index is -0.106. The lowest BCUT2D eigenvalue weighted by Crippen LogP contribution is -2.08. The number of fused-ring (bicyclic) bond motifs is 1. The van der Waals surface area contributed by atoms with E-state index in [0.717, 1.165) is 28.1 Å². The molecule has 5 nitrogen and oxygen atoms in total. The van der Waals surface area contributed by atoms with Gasteiger partial charge in [0.1, 0.15) is 23.9 Å². The number of nitrogens with zero attached hydrogens (tertiary/aromatic N) is 1. The highest BCUT2D eigenvalue weighted by molar-refractivity contribution is 6.15. The predicted molar refractivity (Wildman–Crippen MR) is 122 cm³/mol. The minimum absolute atomic E-state index is 0.106. The number of carbonyl (C=O) groups excluding carboxylic acids is 1.